The fourth-order valence-electron chi connectivity index (χ4n) is 2.44. The summed E-state index contributed by atoms with van der Waals surface area (Å²) in [4.78, 5) is 14.3. The molecule has 1 aromatic heterocycles. The van der Waals surface area contributed by atoms with Crippen molar-refractivity contribution in [1.82, 2.24) is 15.5 Å². The molecule has 2 N–H and O–H groups in total. The van der Waals surface area contributed by atoms with Crippen LogP contribution < -0.4 is 10.6 Å². The Morgan fingerprint density at radius 3 is 2.62 bits per heavy atom. The van der Waals surface area contributed by atoms with E-state index in [1.165, 1.54) is 0 Å². The molecule has 0 aliphatic carbocycles. The Morgan fingerprint density at radius 2 is 2.00 bits per heavy atom. The molecule has 0 radical (unpaired) electrons. The summed E-state index contributed by atoms with van der Waals surface area (Å²) in [5, 5.41) is 5.85. The molecule has 0 bridgehead atoms. The van der Waals surface area contributed by atoms with E-state index in [9.17, 15) is 4.79 Å². The first-order valence-corrected chi connectivity index (χ1v) is 7.48. The molecular formula is C15H25N3O3. The van der Waals surface area contributed by atoms with Crippen LogP contribution in [0, 0.1) is 6.92 Å². The van der Waals surface area contributed by atoms with E-state index in [2.05, 4.69) is 15.5 Å². The van der Waals surface area contributed by atoms with Gasteiger partial charge in [-0.2, -0.15) is 0 Å². The number of nitrogens with one attached hydrogen (secondary N) is 2. The Kier molecular flexibility index (Phi) is 5.64. The third kappa shape index (κ3) is 5.06. The highest BCUT2D eigenvalue weighted by Gasteiger charge is 2.17. The number of rotatable bonds is 5. The summed E-state index contributed by atoms with van der Waals surface area (Å²) < 4.78 is 10.8. The van der Waals surface area contributed by atoms with Crippen LogP contribution in [0.1, 0.15) is 31.4 Å². The van der Waals surface area contributed by atoms with Gasteiger partial charge in [0.1, 0.15) is 11.5 Å². The molecule has 1 aliphatic rings. The maximum Gasteiger partial charge on any atom is 0.315 e. The van der Waals surface area contributed by atoms with Gasteiger partial charge in [-0.1, -0.05) is 0 Å². The van der Waals surface area contributed by atoms with Crippen molar-refractivity contribution in [3.63, 3.8) is 0 Å². The van der Waals surface area contributed by atoms with Gasteiger partial charge >= 0.3 is 6.03 Å². The first-order chi connectivity index (χ1) is 10.0. The lowest BCUT2D eigenvalue weighted by Gasteiger charge is -2.29. The van der Waals surface area contributed by atoms with Crippen molar-refractivity contribution in [2.24, 2.45) is 0 Å². The van der Waals surface area contributed by atoms with Gasteiger partial charge in [0.15, 0.2) is 0 Å². The predicted octanol–water partition coefficient (Wildman–Crippen LogP) is 1.67. The molecule has 0 aromatic carbocycles. The number of nitrogens with zero attached hydrogens (tertiary/aromatic N) is 1. The highest BCUT2D eigenvalue weighted by Crippen LogP contribution is 2.15. The summed E-state index contributed by atoms with van der Waals surface area (Å²) in [6.45, 7) is 10.0. The lowest BCUT2D eigenvalue weighted by atomic mass is 10.2. The number of ether oxygens (including phenoxy) is 1. The number of carbonyl (C=O) groups excluding carboxylic acids is 1. The topological polar surface area (TPSA) is 66.7 Å². The zero-order chi connectivity index (χ0) is 15.2. The van der Waals surface area contributed by atoms with Gasteiger partial charge in [0.25, 0.3) is 0 Å². The zero-order valence-corrected chi connectivity index (χ0v) is 13.0. The van der Waals surface area contributed by atoms with Crippen molar-refractivity contribution >= 4 is 6.03 Å². The van der Waals surface area contributed by atoms with Crippen LogP contribution in [0.3, 0.4) is 0 Å². The molecule has 6 heteroatoms. The van der Waals surface area contributed by atoms with Gasteiger partial charge < -0.3 is 19.8 Å². The molecule has 6 nitrogen and oxygen atoms in total. The summed E-state index contributed by atoms with van der Waals surface area (Å²) in [7, 11) is 0. The minimum absolute atomic E-state index is 0.0913. The molecule has 21 heavy (non-hydrogen) atoms. The van der Waals surface area contributed by atoms with Crippen molar-refractivity contribution in [3.05, 3.63) is 23.7 Å². The molecular weight excluding hydrogens is 270 g/mol. The average molecular weight is 295 g/mol. The van der Waals surface area contributed by atoms with Crippen LogP contribution in [0.5, 0.6) is 0 Å². The first-order valence-electron chi connectivity index (χ1n) is 7.48. The molecule has 1 fully saturated rings. The number of carbonyl (C=O) groups is 1. The number of morpholine rings is 1. The number of furan rings is 1. The standard InChI is InChI=1S/C15H25N3O3/c1-11(10-18-6-8-20-9-7-18)16-15(19)17-13(3)14-5-4-12(2)21-14/h4-5,11,13H,6-10H2,1-3H3,(H2,16,17,19). The van der Waals surface area contributed by atoms with Crippen LogP contribution >= 0.6 is 0 Å². The maximum absolute atomic E-state index is 12.0. The van der Waals surface area contributed by atoms with E-state index in [1.54, 1.807) is 0 Å². The average Bonchev–Trinajstić information content (AvgIpc) is 2.86. The smallest absolute Gasteiger partial charge is 0.315 e. The van der Waals surface area contributed by atoms with E-state index in [0.29, 0.717) is 0 Å². The Labute approximate surface area is 125 Å². The van der Waals surface area contributed by atoms with Gasteiger partial charge in [0, 0.05) is 25.7 Å². The third-order valence-electron chi connectivity index (χ3n) is 3.55. The molecule has 1 aromatic rings. The molecule has 2 atom stereocenters. The fraction of sp³-hybridized carbons (Fsp3) is 0.667. The number of amides is 2. The molecule has 2 amide bonds. The first kappa shape index (κ1) is 15.9. The lowest BCUT2D eigenvalue weighted by Crippen LogP contribution is -2.48. The van der Waals surface area contributed by atoms with Gasteiger partial charge in [0.2, 0.25) is 0 Å². The molecule has 2 unspecified atom stereocenters. The van der Waals surface area contributed by atoms with Crippen LogP contribution in [-0.4, -0.2) is 49.8 Å². The highest BCUT2D eigenvalue weighted by atomic mass is 16.5. The lowest BCUT2D eigenvalue weighted by molar-refractivity contribution is 0.0349. The van der Waals surface area contributed by atoms with Crippen LogP contribution in [0.2, 0.25) is 0 Å². The van der Waals surface area contributed by atoms with Crippen LogP contribution in [-0.2, 0) is 4.74 Å². The third-order valence-corrected chi connectivity index (χ3v) is 3.55. The van der Waals surface area contributed by atoms with Gasteiger partial charge in [-0.05, 0) is 32.9 Å². The van der Waals surface area contributed by atoms with E-state index in [1.807, 2.05) is 32.9 Å². The van der Waals surface area contributed by atoms with Gasteiger partial charge in [0.05, 0.1) is 19.3 Å². The molecule has 0 spiro atoms. The van der Waals surface area contributed by atoms with Gasteiger partial charge in [-0.25, -0.2) is 4.79 Å². The monoisotopic (exact) mass is 295 g/mol. The Balaban J connectivity index is 1.72. The van der Waals surface area contributed by atoms with Crippen molar-refractivity contribution in [2.75, 3.05) is 32.8 Å². The highest BCUT2D eigenvalue weighted by molar-refractivity contribution is 5.74. The Hall–Kier alpha value is -1.53. The SMILES string of the molecule is Cc1ccc(C(C)NC(=O)NC(C)CN2CCOCC2)o1. The van der Waals surface area contributed by atoms with Gasteiger partial charge in [-0.15, -0.1) is 0 Å². The number of hydrogen-bond acceptors (Lipinski definition) is 4. The van der Waals surface area contributed by atoms with Crippen molar-refractivity contribution < 1.29 is 13.9 Å². The molecule has 2 heterocycles. The second-order valence-electron chi connectivity index (χ2n) is 5.60. The molecule has 2 rings (SSSR count). The largest absolute Gasteiger partial charge is 0.464 e. The van der Waals surface area contributed by atoms with E-state index >= 15 is 0 Å². The predicted molar refractivity (Wildman–Crippen MR) is 80.2 cm³/mol. The van der Waals surface area contributed by atoms with Crippen LogP contribution in [0.25, 0.3) is 0 Å². The normalized spacial score (nSPS) is 19.0. The summed E-state index contributed by atoms with van der Waals surface area (Å²) in [6, 6.07) is 3.56. The zero-order valence-electron chi connectivity index (χ0n) is 13.0. The molecule has 1 saturated heterocycles. The summed E-state index contributed by atoms with van der Waals surface area (Å²) in [5.74, 6) is 1.61. The quantitative estimate of drug-likeness (QED) is 0.867. The fourth-order valence-corrected chi connectivity index (χ4v) is 2.44. The second kappa shape index (κ2) is 7.47. The van der Waals surface area contributed by atoms with E-state index in [4.69, 9.17) is 9.15 Å². The molecule has 118 valence electrons. The summed E-state index contributed by atoms with van der Waals surface area (Å²) in [5.41, 5.74) is 0. The number of hydrogen-bond donors (Lipinski definition) is 2. The van der Waals surface area contributed by atoms with Crippen molar-refractivity contribution in [1.29, 1.82) is 0 Å². The maximum atomic E-state index is 12.0. The minimum Gasteiger partial charge on any atom is -0.464 e. The molecule has 1 aliphatic heterocycles. The van der Waals surface area contributed by atoms with Crippen LogP contribution in [0.4, 0.5) is 4.79 Å². The van der Waals surface area contributed by atoms with Gasteiger partial charge in [-0.3, -0.25) is 4.90 Å². The van der Waals surface area contributed by atoms with E-state index < -0.39 is 0 Å². The van der Waals surface area contributed by atoms with E-state index in [0.717, 1.165) is 44.4 Å². The minimum atomic E-state index is -0.169. The van der Waals surface area contributed by atoms with Crippen molar-refractivity contribution in [3.8, 4) is 0 Å². The summed E-state index contributed by atoms with van der Waals surface area (Å²) in [6.07, 6.45) is 0. The second-order valence-corrected chi connectivity index (χ2v) is 5.60. The summed E-state index contributed by atoms with van der Waals surface area (Å²) >= 11 is 0. The molecule has 0 saturated carbocycles. The number of urea groups is 1. The van der Waals surface area contributed by atoms with Crippen LogP contribution in [0.15, 0.2) is 16.5 Å². The Morgan fingerprint density at radius 1 is 1.29 bits per heavy atom. The Bertz CT molecular complexity index is 455. The number of aryl methyl sites for hydroxylation is 1. The van der Waals surface area contributed by atoms with E-state index in [-0.39, 0.29) is 18.1 Å². The van der Waals surface area contributed by atoms with Crippen molar-refractivity contribution in [2.45, 2.75) is 32.9 Å².